The number of nitrogens with zero attached hydrogens (tertiary/aromatic N) is 3. The van der Waals surface area contributed by atoms with E-state index >= 15 is 0 Å². The van der Waals surface area contributed by atoms with Gasteiger partial charge in [-0.05, 0) is 96.4 Å². The zero-order valence-corrected chi connectivity index (χ0v) is 23.9. The number of aromatic carboxylic acids is 1. The van der Waals surface area contributed by atoms with Gasteiger partial charge in [0.2, 0.25) is 0 Å². The molecule has 1 aromatic heterocycles. The van der Waals surface area contributed by atoms with E-state index in [4.69, 9.17) is 9.72 Å². The summed E-state index contributed by atoms with van der Waals surface area (Å²) < 4.78 is 47.0. The molecule has 2 aliphatic rings. The topological polar surface area (TPSA) is 65.9 Å². The number of hydrogen-bond acceptors (Lipinski definition) is 5. The monoisotopic (exact) mass is 569 g/mol. The Labute approximate surface area is 239 Å². The molecule has 0 unspecified atom stereocenters. The predicted octanol–water partition coefficient (Wildman–Crippen LogP) is 7.16. The van der Waals surface area contributed by atoms with Crippen molar-refractivity contribution in [2.75, 3.05) is 26.2 Å². The lowest BCUT2D eigenvalue weighted by Gasteiger charge is -2.40. The molecular weight excluding hydrogens is 531 g/mol. The van der Waals surface area contributed by atoms with Crippen molar-refractivity contribution < 1.29 is 27.8 Å². The summed E-state index contributed by atoms with van der Waals surface area (Å²) in [4.78, 5) is 22.5. The number of alkyl halides is 3. The van der Waals surface area contributed by atoms with Crippen LogP contribution in [-0.2, 0) is 12.7 Å². The third-order valence-electron chi connectivity index (χ3n) is 8.27. The average molecular weight is 570 g/mol. The Morgan fingerprint density at radius 2 is 1.78 bits per heavy atom. The maximum atomic E-state index is 13.7. The van der Waals surface area contributed by atoms with Crippen LogP contribution in [0.25, 0.3) is 22.2 Å². The highest BCUT2D eigenvalue weighted by Gasteiger charge is 2.32. The third-order valence-corrected chi connectivity index (χ3v) is 8.27. The van der Waals surface area contributed by atoms with Crippen molar-refractivity contribution in [3.63, 3.8) is 0 Å². The number of aryl methyl sites for hydroxylation is 1. The number of aromatic nitrogens is 1. The molecule has 0 spiro atoms. The number of benzene rings is 2. The zero-order valence-electron chi connectivity index (χ0n) is 23.9. The van der Waals surface area contributed by atoms with E-state index in [2.05, 4.69) is 9.80 Å². The Kier molecular flexibility index (Phi) is 8.57. The summed E-state index contributed by atoms with van der Waals surface area (Å²) in [5, 5.41) is 11.0. The van der Waals surface area contributed by atoms with E-state index in [-0.39, 0.29) is 22.9 Å². The number of carboxylic acids is 1. The van der Waals surface area contributed by atoms with Crippen LogP contribution in [0.2, 0.25) is 0 Å². The lowest BCUT2D eigenvalue weighted by Crippen LogP contribution is -2.46. The lowest BCUT2D eigenvalue weighted by molar-refractivity contribution is -0.137. The minimum atomic E-state index is -4.53. The average Bonchev–Trinajstić information content (AvgIpc) is 2.93. The first-order chi connectivity index (χ1) is 19.5. The Hall–Kier alpha value is -3.17. The Balaban J connectivity index is 1.59. The second-order valence-corrected chi connectivity index (χ2v) is 11.6. The molecule has 2 aliphatic heterocycles. The number of carbonyl (C=O) groups is 1. The molecular formula is C32H38F3N3O3. The Morgan fingerprint density at radius 1 is 1.07 bits per heavy atom. The summed E-state index contributed by atoms with van der Waals surface area (Å²) in [5.41, 5.74) is 1.39. The number of piperidine rings is 2. The van der Waals surface area contributed by atoms with Crippen molar-refractivity contribution in [3.8, 4) is 17.0 Å². The van der Waals surface area contributed by atoms with Crippen LogP contribution in [0.3, 0.4) is 0 Å². The van der Waals surface area contributed by atoms with Gasteiger partial charge in [0, 0.05) is 35.2 Å². The van der Waals surface area contributed by atoms with Crippen LogP contribution in [0.1, 0.15) is 73.0 Å². The van der Waals surface area contributed by atoms with Gasteiger partial charge in [0.05, 0.1) is 28.4 Å². The van der Waals surface area contributed by atoms with Gasteiger partial charge in [-0.15, -0.1) is 0 Å². The quantitative estimate of drug-likeness (QED) is 0.326. The number of carboxylic acid groups (broad SMARTS) is 1. The molecule has 0 aliphatic carbocycles. The lowest BCUT2D eigenvalue weighted by atomic mass is 9.93. The van der Waals surface area contributed by atoms with Gasteiger partial charge in [0.25, 0.3) is 0 Å². The van der Waals surface area contributed by atoms with Crippen LogP contribution in [0, 0.1) is 6.92 Å². The first-order valence-electron chi connectivity index (χ1n) is 14.5. The molecule has 3 aromatic rings. The molecule has 2 aromatic carbocycles. The fourth-order valence-electron chi connectivity index (χ4n) is 6.25. The smallest absolute Gasteiger partial charge is 0.416 e. The molecule has 2 saturated heterocycles. The number of hydrogen-bond donors (Lipinski definition) is 1. The molecule has 0 atom stereocenters. The maximum absolute atomic E-state index is 13.7. The Morgan fingerprint density at radius 3 is 2.41 bits per heavy atom. The molecule has 2 fully saturated rings. The molecule has 0 bridgehead atoms. The summed E-state index contributed by atoms with van der Waals surface area (Å²) in [6.07, 6.45) is 1.07. The van der Waals surface area contributed by atoms with Crippen molar-refractivity contribution in [1.29, 1.82) is 0 Å². The van der Waals surface area contributed by atoms with E-state index in [0.717, 1.165) is 56.7 Å². The fourth-order valence-corrected chi connectivity index (χ4v) is 6.25. The number of likely N-dealkylation sites (tertiary alicyclic amines) is 2. The molecule has 3 heterocycles. The number of halogens is 3. The van der Waals surface area contributed by atoms with Gasteiger partial charge in [0.1, 0.15) is 5.75 Å². The van der Waals surface area contributed by atoms with Gasteiger partial charge in [0.15, 0.2) is 0 Å². The summed E-state index contributed by atoms with van der Waals surface area (Å²) >= 11 is 0. The van der Waals surface area contributed by atoms with Gasteiger partial charge in [-0.2, -0.15) is 13.2 Å². The van der Waals surface area contributed by atoms with E-state index < -0.39 is 17.7 Å². The highest BCUT2D eigenvalue weighted by molar-refractivity contribution is 6.06. The Bertz CT molecular complexity index is 1410. The van der Waals surface area contributed by atoms with Crippen LogP contribution >= 0.6 is 0 Å². The normalized spacial score (nSPS) is 17.8. The molecule has 41 heavy (non-hydrogen) atoms. The summed E-state index contributed by atoms with van der Waals surface area (Å²) in [5.74, 6) is -0.556. The van der Waals surface area contributed by atoms with E-state index in [1.54, 1.807) is 18.2 Å². The molecule has 1 N–H and O–H groups in total. The number of rotatable bonds is 7. The van der Waals surface area contributed by atoms with Crippen molar-refractivity contribution in [3.05, 3.63) is 58.7 Å². The zero-order chi connectivity index (χ0) is 29.3. The van der Waals surface area contributed by atoms with Crippen molar-refractivity contribution >= 4 is 16.9 Å². The van der Waals surface area contributed by atoms with Crippen LogP contribution in [0.5, 0.6) is 5.75 Å². The van der Waals surface area contributed by atoms with E-state index in [0.29, 0.717) is 34.8 Å². The van der Waals surface area contributed by atoms with Crippen LogP contribution in [0.15, 0.2) is 36.4 Å². The van der Waals surface area contributed by atoms with Crippen molar-refractivity contribution in [1.82, 2.24) is 14.8 Å². The van der Waals surface area contributed by atoms with Crippen molar-refractivity contribution in [2.45, 2.75) is 77.7 Å². The molecule has 5 rings (SSSR count). The van der Waals surface area contributed by atoms with E-state index in [1.165, 1.54) is 25.3 Å². The van der Waals surface area contributed by atoms with Gasteiger partial charge >= 0.3 is 12.1 Å². The van der Waals surface area contributed by atoms with E-state index in [1.807, 2.05) is 20.8 Å². The molecule has 0 saturated carbocycles. The summed E-state index contributed by atoms with van der Waals surface area (Å²) in [7, 11) is 0. The maximum Gasteiger partial charge on any atom is 0.416 e. The third kappa shape index (κ3) is 6.51. The second-order valence-electron chi connectivity index (χ2n) is 11.6. The largest absolute Gasteiger partial charge is 0.491 e. The number of fused-ring (bicyclic) bond motifs is 1. The highest BCUT2D eigenvalue weighted by atomic mass is 19.4. The highest BCUT2D eigenvalue weighted by Crippen LogP contribution is 2.38. The fraction of sp³-hybridized carbons (Fsp3) is 0.500. The van der Waals surface area contributed by atoms with Crippen LogP contribution in [-0.4, -0.2) is 64.2 Å². The minimum Gasteiger partial charge on any atom is -0.491 e. The second kappa shape index (κ2) is 12.0. The molecule has 0 amide bonds. The molecule has 6 nitrogen and oxygen atoms in total. The minimum absolute atomic E-state index is 0.0831. The standard InChI is InChI=1S/C32H38F3N3O3/c1-20(2)41-28-18-27-25(16-21(28)3)29(31(39)40)26(30(36-27)22-8-7-9-23(17-22)32(33,34)35)19-37-14-10-24(11-15-37)38-12-5-4-6-13-38/h7-9,16-18,20,24H,4-6,10-15,19H2,1-3H3,(H,39,40). The SMILES string of the molecule is Cc1cc2c(C(=O)O)c(CN3CCC(N4CCCCC4)CC3)c(-c3cccc(C(F)(F)F)c3)nc2cc1OC(C)C. The summed E-state index contributed by atoms with van der Waals surface area (Å²) in [6.45, 7) is 9.78. The van der Waals surface area contributed by atoms with Crippen molar-refractivity contribution in [2.24, 2.45) is 0 Å². The molecule has 0 radical (unpaired) electrons. The summed E-state index contributed by atoms with van der Waals surface area (Å²) in [6, 6.07) is 8.98. The predicted molar refractivity (Wildman–Crippen MR) is 153 cm³/mol. The molecule has 9 heteroatoms. The van der Waals surface area contributed by atoms with Crippen LogP contribution in [0.4, 0.5) is 13.2 Å². The van der Waals surface area contributed by atoms with Gasteiger partial charge in [-0.1, -0.05) is 18.6 Å². The van der Waals surface area contributed by atoms with Gasteiger partial charge < -0.3 is 14.7 Å². The number of ether oxygens (including phenoxy) is 1. The molecule has 220 valence electrons. The van der Waals surface area contributed by atoms with E-state index in [9.17, 15) is 23.1 Å². The first-order valence-corrected chi connectivity index (χ1v) is 14.5. The first kappa shape index (κ1) is 29.3. The van der Waals surface area contributed by atoms with Gasteiger partial charge in [-0.3, -0.25) is 4.90 Å². The van der Waals surface area contributed by atoms with Gasteiger partial charge in [-0.25, -0.2) is 9.78 Å². The number of pyridine rings is 1. The van der Waals surface area contributed by atoms with Crippen LogP contribution < -0.4 is 4.74 Å².